The van der Waals surface area contributed by atoms with E-state index in [1.54, 1.807) is 0 Å². The van der Waals surface area contributed by atoms with Crippen LogP contribution in [-0.4, -0.2) is 62.1 Å². The van der Waals surface area contributed by atoms with Crippen LogP contribution in [0.3, 0.4) is 0 Å². The highest BCUT2D eigenvalue weighted by atomic mass is 35.5. The zero-order chi connectivity index (χ0) is 41.4. The van der Waals surface area contributed by atoms with Crippen LogP contribution < -0.4 is 29.6 Å². The van der Waals surface area contributed by atoms with Gasteiger partial charge >= 0.3 is 0 Å². The number of benzene rings is 4. The standard InChI is InChI=1S/C48H60Cl2N2O6/c1-5-48(6-2)45(53)51-39(33-49)31-35-11-19-41(20-12-35)55-27-7-9-29-57-43-23-15-37(16-24-43)47(3,4)38-17-25-44(26-18-38)58-30-10-8-28-56-42-21-13-36(14-22-42)32-40(34-50)52-46(48)54/h11-26,39-40H,5-10,27-34H2,1-4H3,(H,51,53)(H,52,54)/t39-,40-/m0/s1. The Bertz CT molecular complexity index is 1710. The summed E-state index contributed by atoms with van der Waals surface area (Å²) in [7, 11) is 0. The molecule has 5 aliphatic rings. The summed E-state index contributed by atoms with van der Waals surface area (Å²) in [6.07, 6.45) is 5.12. The average molecular weight is 832 g/mol. The van der Waals surface area contributed by atoms with Gasteiger partial charge in [-0.25, -0.2) is 0 Å². The summed E-state index contributed by atoms with van der Waals surface area (Å²) < 4.78 is 24.1. The van der Waals surface area contributed by atoms with Crippen LogP contribution in [0.25, 0.3) is 0 Å². The first-order chi connectivity index (χ1) is 28.1. The van der Waals surface area contributed by atoms with Crippen LogP contribution in [0.15, 0.2) is 97.1 Å². The Kier molecular flexibility index (Phi) is 17.0. The summed E-state index contributed by atoms with van der Waals surface area (Å²) in [6, 6.07) is 31.7. The zero-order valence-electron chi connectivity index (χ0n) is 34.5. The lowest BCUT2D eigenvalue weighted by atomic mass is 9.78. The van der Waals surface area contributed by atoms with Gasteiger partial charge in [-0.2, -0.15) is 0 Å². The fraction of sp³-hybridized carbons (Fsp3) is 0.458. The minimum atomic E-state index is -1.26. The number of halogens is 2. The summed E-state index contributed by atoms with van der Waals surface area (Å²) in [5.74, 6) is 2.98. The molecule has 5 heterocycles. The molecule has 5 aliphatic heterocycles. The number of nitrogens with one attached hydrogen (secondary N) is 2. The molecule has 0 fully saturated rings. The lowest BCUT2D eigenvalue weighted by Crippen LogP contribution is -2.56. The summed E-state index contributed by atoms with van der Waals surface area (Å²) in [6.45, 7) is 10.5. The molecule has 2 N–H and O–H groups in total. The van der Waals surface area contributed by atoms with Crippen molar-refractivity contribution < 1.29 is 28.5 Å². The monoisotopic (exact) mass is 830 g/mol. The Morgan fingerprint density at radius 1 is 0.517 bits per heavy atom. The Hall–Kier alpha value is -4.40. The van der Waals surface area contributed by atoms with E-state index < -0.39 is 5.41 Å². The lowest BCUT2D eigenvalue weighted by Gasteiger charge is -2.32. The maximum absolute atomic E-state index is 13.9. The molecule has 0 saturated carbocycles. The molecule has 0 saturated heterocycles. The number of amides is 2. The minimum Gasteiger partial charge on any atom is -0.494 e. The highest BCUT2D eigenvalue weighted by Gasteiger charge is 2.44. The van der Waals surface area contributed by atoms with Gasteiger partial charge in [0.2, 0.25) is 11.8 Å². The number of carbonyl (C=O) groups excluding carboxylic acids is 2. The molecular weight excluding hydrogens is 771 g/mol. The van der Waals surface area contributed by atoms with Crippen molar-refractivity contribution in [2.24, 2.45) is 5.41 Å². The van der Waals surface area contributed by atoms with E-state index in [0.29, 0.717) is 52.1 Å². The molecule has 58 heavy (non-hydrogen) atoms. The smallest absolute Gasteiger partial charge is 0.235 e. The van der Waals surface area contributed by atoms with Crippen LogP contribution in [0, 0.1) is 5.41 Å². The number of rotatable bonds is 4. The van der Waals surface area contributed by atoms with Gasteiger partial charge in [-0.3, -0.25) is 9.59 Å². The molecule has 2 amide bonds. The third-order valence-corrected chi connectivity index (χ3v) is 12.0. The molecule has 2 atom stereocenters. The predicted molar refractivity (Wildman–Crippen MR) is 234 cm³/mol. The first-order valence-electron chi connectivity index (χ1n) is 20.7. The van der Waals surface area contributed by atoms with Crippen molar-refractivity contribution in [3.63, 3.8) is 0 Å². The van der Waals surface area contributed by atoms with Gasteiger partial charge in [0.25, 0.3) is 0 Å². The van der Waals surface area contributed by atoms with Crippen LogP contribution in [0.4, 0.5) is 0 Å². The van der Waals surface area contributed by atoms with E-state index in [4.69, 9.17) is 42.1 Å². The first-order valence-corrected chi connectivity index (χ1v) is 21.8. The van der Waals surface area contributed by atoms with Gasteiger partial charge in [0.05, 0.1) is 26.4 Å². The molecule has 9 rings (SSSR count). The SMILES string of the molecule is CCC1(CC)C(=O)N[C@H](CCl)Cc2ccc(cc2)OCCCCOc2ccc(cc2)C(C)(C)c2ccc(cc2)OCCCCOc2ccc(cc2)C[C@@H](CCl)NC1=O. The third-order valence-electron chi connectivity index (χ3n) is 11.2. The number of alkyl halides is 2. The zero-order valence-corrected chi connectivity index (χ0v) is 36.0. The normalized spacial score (nSPS) is 20.0. The van der Waals surface area contributed by atoms with Gasteiger partial charge in [-0.05, 0) is 122 Å². The molecule has 312 valence electrons. The fourth-order valence-electron chi connectivity index (χ4n) is 7.21. The first kappa shape index (κ1) is 44.7. The summed E-state index contributed by atoms with van der Waals surface area (Å²) in [4.78, 5) is 27.7. The number of hydrogen-bond acceptors (Lipinski definition) is 6. The van der Waals surface area contributed by atoms with Crippen molar-refractivity contribution in [1.29, 1.82) is 0 Å². The van der Waals surface area contributed by atoms with Crippen molar-refractivity contribution in [3.8, 4) is 23.0 Å². The molecule has 0 spiro atoms. The van der Waals surface area contributed by atoms with E-state index in [1.807, 2.05) is 86.6 Å². The summed E-state index contributed by atoms with van der Waals surface area (Å²) >= 11 is 12.8. The average Bonchev–Trinajstić information content (AvgIpc) is 3.24. The van der Waals surface area contributed by atoms with Crippen LogP contribution in [0.2, 0.25) is 0 Å². The second-order valence-electron chi connectivity index (χ2n) is 15.6. The summed E-state index contributed by atoms with van der Waals surface area (Å²) in [5, 5.41) is 6.16. The number of hydrogen-bond donors (Lipinski definition) is 2. The van der Waals surface area contributed by atoms with Crippen molar-refractivity contribution in [2.45, 2.75) is 96.6 Å². The van der Waals surface area contributed by atoms with Gasteiger partial charge in [-0.15, -0.1) is 23.2 Å². The summed E-state index contributed by atoms with van der Waals surface area (Å²) in [5.41, 5.74) is 2.98. The molecule has 0 aliphatic carbocycles. The van der Waals surface area contributed by atoms with Gasteiger partial charge in [0, 0.05) is 29.3 Å². The van der Waals surface area contributed by atoms with Gasteiger partial charge < -0.3 is 29.6 Å². The molecule has 10 heteroatoms. The molecule has 0 unspecified atom stereocenters. The largest absolute Gasteiger partial charge is 0.494 e. The third kappa shape index (κ3) is 12.3. The molecule has 8 bridgehead atoms. The molecule has 8 nitrogen and oxygen atoms in total. The van der Waals surface area contributed by atoms with E-state index in [2.05, 4.69) is 48.7 Å². The van der Waals surface area contributed by atoms with Crippen molar-refractivity contribution in [3.05, 3.63) is 119 Å². The van der Waals surface area contributed by atoms with E-state index in [9.17, 15) is 9.59 Å². The lowest BCUT2D eigenvalue weighted by molar-refractivity contribution is -0.145. The molecule has 4 aromatic carbocycles. The highest BCUT2D eigenvalue weighted by Crippen LogP contribution is 2.34. The molecule has 4 aromatic rings. The second kappa shape index (κ2) is 22.1. The Morgan fingerprint density at radius 3 is 1.09 bits per heavy atom. The molecule has 0 radical (unpaired) electrons. The van der Waals surface area contributed by atoms with E-state index in [0.717, 1.165) is 59.8 Å². The number of ether oxygens (including phenoxy) is 4. The number of carbonyl (C=O) groups is 2. The van der Waals surface area contributed by atoms with E-state index >= 15 is 0 Å². The molecule has 0 aromatic heterocycles. The number of fused-ring (bicyclic) bond motifs is 4. The minimum absolute atomic E-state index is 0.184. The Labute approximate surface area is 355 Å². The topological polar surface area (TPSA) is 95.1 Å². The van der Waals surface area contributed by atoms with Gasteiger partial charge in [0.1, 0.15) is 28.4 Å². The van der Waals surface area contributed by atoms with Crippen molar-refractivity contribution >= 4 is 35.0 Å². The maximum Gasteiger partial charge on any atom is 0.235 e. The fourth-order valence-corrected chi connectivity index (χ4v) is 7.59. The van der Waals surface area contributed by atoms with E-state index in [1.165, 1.54) is 11.1 Å². The highest BCUT2D eigenvalue weighted by molar-refractivity contribution is 6.19. The van der Waals surface area contributed by atoms with Crippen molar-refractivity contribution in [1.82, 2.24) is 10.6 Å². The quantitative estimate of drug-likeness (QED) is 0.157. The van der Waals surface area contributed by atoms with Gasteiger partial charge in [0.15, 0.2) is 0 Å². The van der Waals surface area contributed by atoms with Gasteiger partial charge in [-0.1, -0.05) is 76.2 Å². The van der Waals surface area contributed by atoms with Crippen molar-refractivity contribution in [2.75, 3.05) is 38.2 Å². The predicted octanol–water partition coefficient (Wildman–Crippen LogP) is 9.84. The Morgan fingerprint density at radius 2 is 0.810 bits per heavy atom. The van der Waals surface area contributed by atoms with Crippen LogP contribution in [0.5, 0.6) is 23.0 Å². The van der Waals surface area contributed by atoms with Crippen LogP contribution in [0.1, 0.15) is 88.5 Å². The Balaban J connectivity index is 1.25. The van der Waals surface area contributed by atoms with E-state index in [-0.39, 0.29) is 41.1 Å². The second-order valence-corrected chi connectivity index (χ2v) is 16.2. The maximum atomic E-state index is 13.9. The molecular formula is C48H60Cl2N2O6. The van der Waals surface area contributed by atoms with Crippen LogP contribution in [-0.2, 0) is 27.8 Å². The van der Waals surface area contributed by atoms with Crippen LogP contribution >= 0.6 is 23.2 Å².